The van der Waals surface area contributed by atoms with E-state index in [0.717, 1.165) is 15.5 Å². The maximum absolute atomic E-state index is 13.6. The lowest BCUT2D eigenvalue weighted by molar-refractivity contribution is 0.631. The van der Waals surface area contributed by atoms with Crippen LogP contribution in [0.2, 0.25) is 0 Å². The molecule has 0 aliphatic rings. The number of fused-ring (bicyclic) bond motifs is 1. The Labute approximate surface area is 95.2 Å². The summed E-state index contributed by atoms with van der Waals surface area (Å²) in [6, 6.07) is 6.75. The van der Waals surface area contributed by atoms with Crippen molar-refractivity contribution < 1.29 is 4.39 Å². The Morgan fingerprint density at radius 3 is 2.88 bits per heavy atom. The Bertz CT molecular complexity index is 656. The molecule has 1 aromatic carbocycles. The maximum atomic E-state index is 13.6. The molecule has 2 heterocycles. The number of benzene rings is 1. The van der Waals surface area contributed by atoms with Gasteiger partial charge in [-0.25, -0.2) is 13.9 Å². The first-order valence-electron chi connectivity index (χ1n) is 4.81. The molecule has 0 aliphatic heterocycles. The van der Waals surface area contributed by atoms with Crippen LogP contribution in [-0.4, -0.2) is 14.6 Å². The third kappa shape index (κ3) is 1.25. The lowest BCUT2D eigenvalue weighted by Gasteiger charge is -2.00. The molecule has 16 heavy (non-hydrogen) atoms. The molecule has 80 valence electrons. The Morgan fingerprint density at radius 2 is 2.12 bits per heavy atom. The van der Waals surface area contributed by atoms with Crippen LogP contribution < -0.4 is 0 Å². The van der Waals surface area contributed by atoms with Crippen LogP contribution in [0.5, 0.6) is 0 Å². The van der Waals surface area contributed by atoms with E-state index in [1.54, 1.807) is 16.6 Å². The van der Waals surface area contributed by atoms with Crippen molar-refractivity contribution in [1.82, 2.24) is 14.6 Å². The highest BCUT2D eigenvalue weighted by molar-refractivity contribution is 7.20. The zero-order chi connectivity index (χ0) is 11.1. The molecule has 0 fully saturated rings. The van der Waals surface area contributed by atoms with Crippen molar-refractivity contribution in [3.05, 3.63) is 42.1 Å². The summed E-state index contributed by atoms with van der Waals surface area (Å²) in [6.07, 6.45) is 1.50. The maximum Gasteiger partial charge on any atom is 0.212 e. The minimum atomic E-state index is -0.213. The summed E-state index contributed by atoms with van der Waals surface area (Å²) < 4.78 is 15.4. The summed E-state index contributed by atoms with van der Waals surface area (Å²) in [7, 11) is 0. The number of halogens is 1. The number of hydrogen-bond donors (Lipinski definition) is 0. The molecule has 0 saturated heterocycles. The molecule has 0 spiro atoms. The van der Waals surface area contributed by atoms with E-state index in [-0.39, 0.29) is 5.82 Å². The quantitative estimate of drug-likeness (QED) is 0.647. The summed E-state index contributed by atoms with van der Waals surface area (Å²) in [5.41, 5.74) is 1.53. The Morgan fingerprint density at radius 1 is 1.31 bits per heavy atom. The number of hydrogen-bond acceptors (Lipinski definition) is 3. The van der Waals surface area contributed by atoms with Crippen LogP contribution >= 0.6 is 11.3 Å². The van der Waals surface area contributed by atoms with Crippen molar-refractivity contribution in [3.63, 3.8) is 0 Å². The van der Waals surface area contributed by atoms with E-state index in [1.165, 1.54) is 23.7 Å². The van der Waals surface area contributed by atoms with E-state index >= 15 is 0 Å². The Balaban J connectivity index is 2.30. The Kier molecular flexibility index (Phi) is 2.00. The molecule has 3 nitrogen and oxygen atoms in total. The molecule has 0 atom stereocenters. The third-order valence-electron chi connectivity index (χ3n) is 2.47. The van der Waals surface area contributed by atoms with Crippen molar-refractivity contribution in [2.45, 2.75) is 6.92 Å². The van der Waals surface area contributed by atoms with Crippen molar-refractivity contribution in [3.8, 4) is 10.4 Å². The zero-order valence-electron chi connectivity index (χ0n) is 8.51. The average Bonchev–Trinajstić information content (AvgIpc) is 2.83. The van der Waals surface area contributed by atoms with E-state index in [4.69, 9.17) is 0 Å². The molecule has 5 heteroatoms. The van der Waals surface area contributed by atoms with Crippen LogP contribution in [0.25, 0.3) is 15.4 Å². The molecule has 0 saturated carbocycles. The van der Waals surface area contributed by atoms with Crippen LogP contribution in [0.3, 0.4) is 0 Å². The number of nitrogens with zero attached hydrogens (tertiary/aromatic N) is 3. The summed E-state index contributed by atoms with van der Waals surface area (Å²) >= 11 is 1.45. The van der Waals surface area contributed by atoms with E-state index in [0.29, 0.717) is 5.56 Å². The molecule has 0 N–H and O–H groups in total. The summed E-state index contributed by atoms with van der Waals surface area (Å²) in [5.74, 6) is -0.213. The molecule has 3 aromatic rings. The first kappa shape index (κ1) is 9.47. The molecule has 2 aromatic heterocycles. The average molecular weight is 233 g/mol. The number of aryl methyl sites for hydroxylation is 1. The SMILES string of the molecule is Cc1c(-c2ccccc2F)sc2ncnn12. The molecule has 0 unspecified atom stereocenters. The number of thiazole rings is 1. The van der Waals surface area contributed by atoms with Gasteiger partial charge in [-0.2, -0.15) is 5.10 Å². The molecule has 0 aliphatic carbocycles. The monoisotopic (exact) mass is 233 g/mol. The highest BCUT2D eigenvalue weighted by Gasteiger charge is 2.14. The van der Waals surface area contributed by atoms with Gasteiger partial charge in [0.15, 0.2) is 0 Å². The second-order valence-corrected chi connectivity index (χ2v) is 4.43. The van der Waals surface area contributed by atoms with Crippen LogP contribution in [-0.2, 0) is 0 Å². The third-order valence-corrected chi connectivity index (χ3v) is 3.65. The van der Waals surface area contributed by atoms with Crippen LogP contribution in [0.15, 0.2) is 30.6 Å². The summed E-state index contributed by atoms with van der Waals surface area (Å²) in [4.78, 5) is 5.77. The summed E-state index contributed by atoms with van der Waals surface area (Å²) in [6.45, 7) is 1.92. The molecule has 0 radical (unpaired) electrons. The van der Waals surface area contributed by atoms with Crippen LogP contribution in [0.4, 0.5) is 4.39 Å². The molecular weight excluding hydrogens is 225 g/mol. The van der Waals surface area contributed by atoms with Gasteiger partial charge >= 0.3 is 0 Å². The molecule has 0 amide bonds. The number of rotatable bonds is 1. The predicted octanol–water partition coefficient (Wildman–Crippen LogP) is 2.91. The number of aromatic nitrogens is 3. The minimum Gasteiger partial charge on any atom is -0.208 e. The van der Waals surface area contributed by atoms with Crippen molar-refractivity contribution >= 4 is 16.3 Å². The summed E-state index contributed by atoms with van der Waals surface area (Å²) in [5, 5.41) is 4.09. The van der Waals surface area contributed by atoms with Gasteiger partial charge in [0.05, 0.1) is 10.6 Å². The van der Waals surface area contributed by atoms with Gasteiger partial charge in [-0.05, 0) is 13.0 Å². The van der Waals surface area contributed by atoms with Gasteiger partial charge < -0.3 is 0 Å². The largest absolute Gasteiger partial charge is 0.212 e. The smallest absolute Gasteiger partial charge is 0.208 e. The van der Waals surface area contributed by atoms with Crippen molar-refractivity contribution in [2.75, 3.05) is 0 Å². The van der Waals surface area contributed by atoms with E-state index in [2.05, 4.69) is 10.1 Å². The van der Waals surface area contributed by atoms with Gasteiger partial charge in [-0.3, -0.25) is 0 Å². The zero-order valence-corrected chi connectivity index (χ0v) is 9.33. The van der Waals surface area contributed by atoms with Gasteiger partial charge in [0, 0.05) is 5.56 Å². The lowest BCUT2D eigenvalue weighted by Crippen LogP contribution is -1.88. The molecular formula is C11H8FN3S. The van der Waals surface area contributed by atoms with Gasteiger partial charge in [0.1, 0.15) is 12.1 Å². The van der Waals surface area contributed by atoms with Gasteiger partial charge in [0.25, 0.3) is 0 Å². The van der Waals surface area contributed by atoms with Crippen LogP contribution in [0.1, 0.15) is 5.69 Å². The first-order chi connectivity index (χ1) is 7.77. The van der Waals surface area contributed by atoms with Crippen molar-refractivity contribution in [2.24, 2.45) is 0 Å². The van der Waals surface area contributed by atoms with E-state index < -0.39 is 0 Å². The topological polar surface area (TPSA) is 30.2 Å². The fourth-order valence-electron chi connectivity index (χ4n) is 1.69. The fourth-order valence-corrected chi connectivity index (χ4v) is 2.75. The molecule has 0 bridgehead atoms. The standard InChI is InChI=1S/C11H8FN3S/c1-7-10(8-4-2-3-5-9(8)12)16-11-13-6-14-15(7)11/h2-6H,1H3. The highest BCUT2D eigenvalue weighted by atomic mass is 32.1. The van der Waals surface area contributed by atoms with E-state index in [9.17, 15) is 4.39 Å². The highest BCUT2D eigenvalue weighted by Crippen LogP contribution is 2.32. The second kappa shape index (κ2) is 3.38. The van der Waals surface area contributed by atoms with Gasteiger partial charge in [0.2, 0.25) is 4.96 Å². The Hall–Kier alpha value is -1.75. The fraction of sp³-hybridized carbons (Fsp3) is 0.0909. The van der Waals surface area contributed by atoms with Crippen LogP contribution in [0, 0.1) is 12.7 Å². The van der Waals surface area contributed by atoms with Gasteiger partial charge in [-0.15, -0.1) is 0 Å². The lowest BCUT2D eigenvalue weighted by atomic mass is 10.1. The van der Waals surface area contributed by atoms with E-state index in [1.807, 2.05) is 13.0 Å². The predicted molar refractivity (Wildman–Crippen MR) is 61.0 cm³/mol. The minimum absolute atomic E-state index is 0.213. The molecule has 3 rings (SSSR count). The normalized spacial score (nSPS) is 11.1. The van der Waals surface area contributed by atoms with Crippen molar-refractivity contribution in [1.29, 1.82) is 0 Å². The van der Waals surface area contributed by atoms with Gasteiger partial charge in [-0.1, -0.05) is 29.5 Å². The first-order valence-corrected chi connectivity index (χ1v) is 5.63. The second-order valence-electron chi connectivity index (χ2n) is 3.45.